The fourth-order valence-electron chi connectivity index (χ4n) is 2.24. The number of aromatic nitrogens is 4. The van der Waals surface area contributed by atoms with Gasteiger partial charge >= 0.3 is 5.69 Å². The molecule has 3 heterocycles. The summed E-state index contributed by atoms with van der Waals surface area (Å²) in [5.74, 6) is 0.423. The van der Waals surface area contributed by atoms with Crippen molar-refractivity contribution in [2.75, 3.05) is 0 Å². The Balaban J connectivity index is 2.04. The van der Waals surface area contributed by atoms with Gasteiger partial charge in [0.2, 0.25) is 0 Å². The molecule has 9 heteroatoms. The van der Waals surface area contributed by atoms with Crippen molar-refractivity contribution in [2.24, 2.45) is 0 Å². The van der Waals surface area contributed by atoms with Crippen LogP contribution in [0.5, 0.6) is 0 Å². The Morgan fingerprint density at radius 1 is 1.48 bits per heavy atom. The van der Waals surface area contributed by atoms with Gasteiger partial charge in [0, 0.05) is 0 Å². The molecule has 0 fully saturated rings. The predicted molar refractivity (Wildman–Crippen MR) is 77.7 cm³/mol. The quantitative estimate of drug-likeness (QED) is 0.586. The van der Waals surface area contributed by atoms with Gasteiger partial charge in [-0.3, -0.25) is 19.6 Å². The average Bonchev–Trinajstić information content (AvgIpc) is 2.95. The van der Waals surface area contributed by atoms with Gasteiger partial charge in [0.1, 0.15) is 21.9 Å². The van der Waals surface area contributed by atoms with Gasteiger partial charge in [0.05, 0.1) is 17.0 Å². The van der Waals surface area contributed by atoms with E-state index in [1.54, 1.807) is 25.3 Å². The molecule has 3 aromatic rings. The first-order valence-electron chi connectivity index (χ1n) is 6.12. The van der Waals surface area contributed by atoms with Crippen LogP contribution >= 0.6 is 11.3 Å². The second-order valence-corrected chi connectivity index (χ2v) is 5.50. The monoisotopic (exact) mass is 305 g/mol. The summed E-state index contributed by atoms with van der Waals surface area (Å²) in [6.45, 7) is 3.39. The molecule has 0 saturated carbocycles. The van der Waals surface area contributed by atoms with Crippen LogP contribution in [0.1, 0.15) is 17.2 Å². The van der Waals surface area contributed by atoms with Gasteiger partial charge in [-0.2, -0.15) is 5.10 Å². The van der Waals surface area contributed by atoms with E-state index in [9.17, 15) is 14.9 Å². The Morgan fingerprint density at radius 2 is 2.24 bits per heavy atom. The van der Waals surface area contributed by atoms with E-state index in [-0.39, 0.29) is 17.8 Å². The van der Waals surface area contributed by atoms with Crippen LogP contribution < -0.4 is 5.56 Å². The molecule has 0 atom stereocenters. The highest BCUT2D eigenvalue weighted by Gasteiger charge is 2.22. The van der Waals surface area contributed by atoms with Crippen molar-refractivity contribution in [3.8, 4) is 0 Å². The summed E-state index contributed by atoms with van der Waals surface area (Å²) >= 11 is 1.32. The average molecular weight is 305 g/mol. The fourth-order valence-corrected chi connectivity index (χ4v) is 2.97. The van der Waals surface area contributed by atoms with E-state index in [1.165, 1.54) is 16.0 Å². The molecule has 21 heavy (non-hydrogen) atoms. The third kappa shape index (κ3) is 2.21. The molecule has 0 amide bonds. The molecule has 0 unspecified atom stereocenters. The zero-order valence-corrected chi connectivity index (χ0v) is 12.1. The number of nitro groups is 1. The second-order valence-electron chi connectivity index (χ2n) is 4.58. The maximum atomic E-state index is 11.9. The summed E-state index contributed by atoms with van der Waals surface area (Å²) in [6.07, 6.45) is 0. The van der Waals surface area contributed by atoms with Crippen LogP contribution in [0.4, 0.5) is 5.69 Å². The molecule has 0 bridgehead atoms. The van der Waals surface area contributed by atoms with Crippen LogP contribution in [-0.2, 0) is 6.54 Å². The van der Waals surface area contributed by atoms with Crippen LogP contribution in [-0.4, -0.2) is 24.7 Å². The molecule has 0 aromatic carbocycles. The highest BCUT2D eigenvalue weighted by molar-refractivity contribution is 7.17. The smallest absolute Gasteiger partial charge is 0.308 e. The lowest BCUT2D eigenvalue weighted by Crippen LogP contribution is -2.14. The highest BCUT2D eigenvalue weighted by atomic mass is 32.1. The summed E-state index contributed by atoms with van der Waals surface area (Å²) < 4.78 is 2.04. The molecule has 108 valence electrons. The standard InChI is InChI=1S/C12H11N5O3S/c1-6-10(17(19)20)7(2)16(15-6)5-9-13-8-3-4-21-11(8)12(18)14-9/h3-4H,5H2,1-2H3,(H,13,14,18). The molecule has 0 radical (unpaired) electrons. The Bertz CT molecular complexity index is 907. The Kier molecular flexibility index (Phi) is 3.05. The number of aromatic amines is 1. The van der Waals surface area contributed by atoms with Gasteiger partial charge < -0.3 is 4.98 Å². The van der Waals surface area contributed by atoms with Crippen LogP contribution in [0.15, 0.2) is 16.2 Å². The first-order chi connectivity index (χ1) is 9.97. The van der Waals surface area contributed by atoms with Gasteiger partial charge in [0.15, 0.2) is 0 Å². The van der Waals surface area contributed by atoms with Gasteiger partial charge in [-0.05, 0) is 25.3 Å². The molecule has 8 nitrogen and oxygen atoms in total. The molecular weight excluding hydrogens is 294 g/mol. The molecular formula is C12H11N5O3S. The van der Waals surface area contributed by atoms with E-state index < -0.39 is 4.92 Å². The molecule has 0 aliphatic carbocycles. The number of nitrogens with one attached hydrogen (secondary N) is 1. The maximum absolute atomic E-state index is 11.9. The minimum Gasteiger partial charge on any atom is -0.308 e. The fraction of sp³-hybridized carbons (Fsp3) is 0.250. The van der Waals surface area contributed by atoms with Crippen LogP contribution in [0.25, 0.3) is 10.2 Å². The van der Waals surface area contributed by atoms with Crippen molar-refractivity contribution in [2.45, 2.75) is 20.4 Å². The SMILES string of the molecule is Cc1nn(Cc2nc3ccsc3c(=O)[nH]2)c(C)c1[N+](=O)[O-]. The number of thiophene rings is 1. The van der Waals surface area contributed by atoms with Gasteiger partial charge in [-0.15, -0.1) is 11.3 Å². The van der Waals surface area contributed by atoms with Crippen LogP contribution in [0.2, 0.25) is 0 Å². The van der Waals surface area contributed by atoms with Gasteiger partial charge in [-0.1, -0.05) is 0 Å². The van der Waals surface area contributed by atoms with E-state index in [4.69, 9.17) is 0 Å². The van der Waals surface area contributed by atoms with E-state index >= 15 is 0 Å². The Labute approximate surface area is 122 Å². The Morgan fingerprint density at radius 3 is 2.90 bits per heavy atom. The van der Waals surface area contributed by atoms with E-state index in [1.807, 2.05) is 0 Å². The van der Waals surface area contributed by atoms with Crippen molar-refractivity contribution in [3.05, 3.63) is 49.1 Å². The number of H-pyrrole nitrogens is 1. The van der Waals surface area contributed by atoms with E-state index in [0.717, 1.165) is 0 Å². The third-order valence-corrected chi connectivity index (χ3v) is 4.09. The predicted octanol–water partition coefficient (Wildman–Crippen LogP) is 1.75. The molecule has 3 rings (SSSR count). The highest BCUT2D eigenvalue weighted by Crippen LogP contribution is 2.22. The van der Waals surface area contributed by atoms with Crippen molar-refractivity contribution >= 4 is 27.2 Å². The van der Waals surface area contributed by atoms with Crippen molar-refractivity contribution in [1.29, 1.82) is 0 Å². The van der Waals surface area contributed by atoms with Gasteiger partial charge in [0.25, 0.3) is 5.56 Å². The Hall–Kier alpha value is -2.55. The summed E-state index contributed by atoms with van der Waals surface area (Å²) in [6, 6.07) is 1.77. The number of fused-ring (bicyclic) bond motifs is 1. The molecule has 0 aliphatic rings. The zero-order valence-electron chi connectivity index (χ0n) is 11.3. The first kappa shape index (κ1) is 13.4. The summed E-state index contributed by atoms with van der Waals surface area (Å²) in [4.78, 5) is 29.4. The summed E-state index contributed by atoms with van der Waals surface area (Å²) in [5, 5.41) is 16.9. The minimum absolute atomic E-state index is 0.00559. The number of nitrogens with zero attached hydrogens (tertiary/aromatic N) is 4. The molecule has 0 spiro atoms. The number of hydrogen-bond donors (Lipinski definition) is 1. The van der Waals surface area contributed by atoms with Gasteiger partial charge in [-0.25, -0.2) is 4.98 Å². The van der Waals surface area contributed by atoms with E-state index in [2.05, 4.69) is 15.1 Å². The van der Waals surface area contributed by atoms with Crippen LogP contribution in [0, 0.1) is 24.0 Å². The van der Waals surface area contributed by atoms with Crippen LogP contribution in [0.3, 0.4) is 0 Å². The second kappa shape index (κ2) is 4.77. The van der Waals surface area contributed by atoms with Crippen molar-refractivity contribution in [3.63, 3.8) is 0 Å². The largest absolute Gasteiger partial charge is 0.312 e. The molecule has 3 aromatic heterocycles. The zero-order chi connectivity index (χ0) is 15.1. The number of aryl methyl sites for hydroxylation is 1. The molecule has 1 N–H and O–H groups in total. The lowest BCUT2D eigenvalue weighted by molar-refractivity contribution is -0.386. The third-order valence-electron chi connectivity index (χ3n) is 3.19. The minimum atomic E-state index is -0.452. The van der Waals surface area contributed by atoms with Crippen molar-refractivity contribution in [1.82, 2.24) is 19.7 Å². The first-order valence-corrected chi connectivity index (χ1v) is 7.00. The molecule has 0 aliphatic heterocycles. The maximum Gasteiger partial charge on any atom is 0.312 e. The number of rotatable bonds is 3. The number of hydrogen-bond acceptors (Lipinski definition) is 6. The summed E-state index contributed by atoms with van der Waals surface area (Å²) in [7, 11) is 0. The van der Waals surface area contributed by atoms with Crippen molar-refractivity contribution < 1.29 is 4.92 Å². The molecule has 0 saturated heterocycles. The van der Waals surface area contributed by atoms with E-state index in [0.29, 0.717) is 27.4 Å². The lowest BCUT2D eigenvalue weighted by Gasteiger charge is -2.03. The normalized spacial score (nSPS) is 11.1. The summed E-state index contributed by atoms with van der Waals surface area (Å²) in [5.41, 5.74) is 1.19. The topological polar surface area (TPSA) is 107 Å². The lowest BCUT2D eigenvalue weighted by atomic mass is 10.3.